The summed E-state index contributed by atoms with van der Waals surface area (Å²) < 4.78 is 13.3. The minimum absolute atomic E-state index is 0.0632. The van der Waals surface area contributed by atoms with E-state index in [-0.39, 0.29) is 54.6 Å². The van der Waals surface area contributed by atoms with Crippen molar-refractivity contribution < 1.29 is 4.39 Å². The van der Waals surface area contributed by atoms with Gasteiger partial charge in [-0.25, -0.2) is 19.3 Å². The summed E-state index contributed by atoms with van der Waals surface area (Å²) in [5.74, 6) is 0.811. The molecule has 0 saturated heterocycles. The van der Waals surface area contributed by atoms with Crippen molar-refractivity contribution >= 4 is 11.3 Å². The first-order valence-corrected chi connectivity index (χ1v) is 36.8. The van der Waals surface area contributed by atoms with Gasteiger partial charge in [0.2, 0.25) is 0 Å². The SMILES string of the molecule is CC(C)(C)c1ccccn1.Cc1ccc(C(C)(C)C)c(F)c1.Cc1ccc(C(C)(C)C)cc1.Cc1ccc(C)c(C(C)(C)C)c1.Cc1ccc(C)c(C(C)(C)C)c1.Cc1cccc(C(C)(C)C)c1.Cc1ccnc(C(C)(C)C)c1.Cc1cnc(C(C)(C)C)nc1.Cc1cnc(C(C)(C)C)s1. The van der Waals surface area contributed by atoms with Crippen LogP contribution in [0.4, 0.5) is 4.39 Å². The van der Waals surface area contributed by atoms with Crippen molar-refractivity contribution in [2.75, 3.05) is 0 Å². The van der Waals surface area contributed by atoms with Gasteiger partial charge < -0.3 is 0 Å². The number of hydrogen-bond donors (Lipinski definition) is 0. The van der Waals surface area contributed by atoms with Crippen LogP contribution in [-0.4, -0.2) is 24.9 Å². The van der Waals surface area contributed by atoms with E-state index in [1.807, 2.05) is 95.9 Å². The van der Waals surface area contributed by atoms with E-state index in [2.05, 4.69) is 344 Å². The molecule has 548 valence electrons. The van der Waals surface area contributed by atoms with Crippen LogP contribution in [0.3, 0.4) is 0 Å². The van der Waals surface area contributed by atoms with E-state index in [1.165, 1.54) is 71.1 Å². The van der Waals surface area contributed by atoms with Crippen LogP contribution in [-0.2, 0) is 48.7 Å². The van der Waals surface area contributed by atoms with Crippen molar-refractivity contribution in [1.29, 1.82) is 0 Å². The summed E-state index contributed by atoms with van der Waals surface area (Å²) in [6, 6.07) is 46.3. The molecule has 0 radical (unpaired) electrons. The summed E-state index contributed by atoms with van der Waals surface area (Å²) in [6.45, 7) is 79.9. The number of benzene rings is 5. The van der Waals surface area contributed by atoms with E-state index >= 15 is 0 Å². The number of thiazole rings is 1. The first-order valence-electron chi connectivity index (χ1n) is 36.0. The average molecular weight is 1380 g/mol. The quantitative estimate of drug-likeness (QED) is 0.151. The number of pyridine rings is 2. The van der Waals surface area contributed by atoms with Gasteiger partial charge in [-0.05, 0) is 182 Å². The molecule has 0 bridgehead atoms. The molecule has 0 atom stereocenters. The topological polar surface area (TPSA) is 64.5 Å². The lowest BCUT2D eigenvalue weighted by Crippen LogP contribution is -2.15. The fourth-order valence-corrected chi connectivity index (χ4v) is 10.5. The van der Waals surface area contributed by atoms with Gasteiger partial charge in [-0.1, -0.05) is 312 Å². The number of hydrogen-bond acceptors (Lipinski definition) is 6. The Bertz CT molecular complexity index is 3630. The van der Waals surface area contributed by atoms with E-state index in [9.17, 15) is 4.39 Å². The Morgan fingerprint density at radius 1 is 0.270 bits per heavy atom. The third-order valence-corrected chi connectivity index (χ3v) is 17.3. The molecule has 5 aromatic carbocycles. The van der Waals surface area contributed by atoms with Crippen LogP contribution in [0.2, 0.25) is 0 Å². The Kier molecular flexibility index (Phi) is 35.4. The summed E-state index contributed by atoms with van der Waals surface area (Å²) in [5.41, 5.74) is 22.0. The molecule has 0 aliphatic rings. The first kappa shape index (κ1) is 91.1. The molecule has 9 aromatic rings. The zero-order valence-corrected chi connectivity index (χ0v) is 70.9. The van der Waals surface area contributed by atoms with Gasteiger partial charge >= 0.3 is 0 Å². The van der Waals surface area contributed by atoms with Gasteiger partial charge in [-0.2, -0.15) is 0 Å². The molecule has 0 spiro atoms. The third-order valence-electron chi connectivity index (χ3n) is 16.0. The molecule has 4 heterocycles. The minimum Gasteiger partial charge on any atom is -0.261 e. The molecule has 5 nitrogen and oxygen atoms in total. The summed E-state index contributed by atoms with van der Waals surface area (Å²) in [6.07, 6.45) is 9.35. The van der Waals surface area contributed by atoms with Gasteiger partial charge in [0, 0.05) is 68.9 Å². The van der Waals surface area contributed by atoms with Crippen molar-refractivity contribution in [2.24, 2.45) is 0 Å². The highest BCUT2D eigenvalue weighted by Crippen LogP contribution is 2.30. The van der Waals surface area contributed by atoms with Crippen LogP contribution in [0.25, 0.3) is 0 Å². The van der Waals surface area contributed by atoms with Crippen LogP contribution >= 0.6 is 11.3 Å². The van der Waals surface area contributed by atoms with Crippen LogP contribution in [0.15, 0.2) is 164 Å². The summed E-state index contributed by atoms with van der Waals surface area (Å²) >= 11 is 1.78. The van der Waals surface area contributed by atoms with E-state index < -0.39 is 0 Å². The largest absolute Gasteiger partial charge is 0.261 e. The number of aromatic nitrogens is 5. The van der Waals surface area contributed by atoms with Gasteiger partial charge in [0.15, 0.2) is 0 Å². The predicted octanol–water partition coefficient (Wildman–Crippen LogP) is 27.1. The summed E-state index contributed by atoms with van der Waals surface area (Å²) in [5, 5.41) is 1.23. The van der Waals surface area contributed by atoms with Crippen LogP contribution in [0.5, 0.6) is 0 Å². The Hall–Kier alpha value is -6.96. The molecule has 7 heteroatoms. The molecular formula is C93H138FN5S. The lowest BCUT2D eigenvalue weighted by Gasteiger charge is -2.22. The molecule has 100 heavy (non-hydrogen) atoms. The molecule has 0 fully saturated rings. The minimum atomic E-state index is -0.0994. The lowest BCUT2D eigenvalue weighted by atomic mass is 9.83. The Morgan fingerprint density at radius 2 is 0.690 bits per heavy atom. The first-order chi connectivity index (χ1) is 45.3. The second-order valence-electron chi connectivity index (χ2n) is 36.4. The monoisotopic (exact) mass is 1380 g/mol. The second kappa shape index (κ2) is 38.9. The van der Waals surface area contributed by atoms with Gasteiger partial charge in [0.05, 0.1) is 5.01 Å². The Labute approximate surface area is 617 Å². The van der Waals surface area contributed by atoms with Crippen molar-refractivity contribution in [3.63, 3.8) is 0 Å². The summed E-state index contributed by atoms with van der Waals surface area (Å²) in [7, 11) is 0. The third kappa shape index (κ3) is 36.1. The van der Waals surface area contributed by atoms with Crippen LogP contribution < -0.4 is 0 Å². The molecule has 0 unspecified atom stereocenters. The van der Waals surface area contributed by atoms with Gasteiger partial charge in [0.25, 0.3) is 0 Å². The molecule has 0 N–H and O–H groups in total. The number of rotatable bonds is 0. The number of aryl methyl sites for hydroxylation is 10. The maximum Gasteiger partial charge on any atom is 0.133 e. The molecule has 0 saturated carbocycles. The lowest BCUT2D eigenvalue weighted by molar-refractivity contribution is 0.522. The van der Waals surface area contributed by atoms with E-state index in [4.69, 9.17) is 0 Å². The Balaban J connectivity index is 0.000000563. The fourth-order valence-electron chi connectivity index (χ4n) is 9.72. The highest BCUT2D eigenvalue weighted by Gasteiger charge is 2.21. The predicted molar refractivity (Wildman–Crippen MR) is 440 cm³/mol. The summed E-state index contributed by atoms with van der Waals surface area (Å²) in [4.78, 5) is 22.6. The Morgan fingerprint density at radius 3 is 1.00 bits per heavy atom. The maximum atomic E-state index is 13.3. The van der Waals surface area contributed by atoms with E-state index in [0.717, 1.165) is 33.9 Å². The standard InChI is InChI=1S/2C12H18.C11H15F.2C11H16.C10H15N.C9H14N2.C9H13N.C8H13NS/c2*1-9-6-7-10(2)11(8-9)12(3,4)5;1-8-5-6-9(10(12)7-8)11(2,3)4;1-9-5-7-10(8-6-9)11(2,3)4;1-9-6-5-7-10(8-9)11(2,3)4;1-8-5-6-11-9(7-8)10(2,3)4;1-7-5-10-8(11-6-7)9(2,3)4;1-9(2,3)8-6-4-5-7-10-8;1-6-5-9-7(10-6)8(2,3)4/h2*6-8H,1-5H3;5-7H,1-4H3;2*5-8H,1-4H3;5-7H,1-4H3;5-6H,1-4H3;4-7H,1-3H3;5H,1-4H3. The zero-order chi connectivity index (χ0) is 77.4. The highest BCUT2D eigenvalue weighted by molar-refractivity contribution is 7.11. The van der Waals surface area contributed by atoms with Gasteiger partial charge in [0.1, 0.15) is 11.6 Å². The second-order valence-corrected chi connectivity index (χ2v) is 37.6. The zero-order valence-electron chi connectivity index (χ0n) is 70.1. The average Bonchev–Trinajstić information content (AvgIpc) is 1.02. The fraction of sp³-hybridized carbons (Fsp3) is 0.495. The maximum absolute atomic E-state index is 13.3. The molecule has 9 rings (SSSR count). The molecular weight excluding hydrogens is 1240 g/mol. The van der Waals surface area contributed by atoms with Crippen molar-refractivity contribution in [2.45, 2.75) is 305 Å². The van der Waals surface area contributed by atoms with Gasteiger partial charge in [-0.3, -0.25) is 9.97 Å². The van der Waals surface area contributed by atoms with E-state index in [1.54, 1.807) is 17.4 Å². The van der Waals surface area contributed by atoms with Crippen molar-refractivity contribution in [3.8, 4) is 0 Å². The smallest absolute Gasteiger partial charge is 0.133 e. The normalized spacial score (nSPS) is 11.7. The van der Waals surface area contributed by atoms with Crippen LogP contribution in [0.1, 0.15) is 292 Å². The molecule has 0 aliphatic heterocycles. The molecule has 4 aromatic heterocycles. The van der Waals surface area contributed by atoms with Crippen molar-refractivity contribution in [3.05, 3.63) is 275 Å². The van der Waals surface area contributed by atoms with Crippen molar-refractivity contribution in [1.82, 2.24) is 24.9 Å². The molecule has 0 amide bonds. The molecule has 0 aliphatic carbocycles. The van der Waals surface area contributed by atoms with Crippen LogP contribution in [0, 0.1) is 75.1 Å². The van der Waals surface area contributed by atoms with Gasteiger partial charge in [-0.15, -0.1) is 11.3 Å². The van der Waals surface area contributed by atoms with E-state index in [0.29, 0.717) is 0 Å². The number of nitrogens with zero attached hydrogens (tertiary/aromatic N) is 5. The number of halogens is 1. The highest BCUT2D eigenvalue weighted by atomic mass is 32.1.